The van der Waals surface area contributed by atoms with Crippen molar-refractivity contribution in [1.82, 2.24) is 24.9 Å². The lowest BCUT2D eigenvalue weighted by molar-refractivity contribution is -0.141. The first-order chi connectivity index (χ1) is 15.0. The SMILES string of the molecule is CC1CN(c2nc(Nc3ccnc(C(F)(F)F)c3)nc(-c3cccc(C(F)(F)F)n3)n2)C1. The number of anilines is 3. The predicted molar refractivity (Wildman–Crippen MR) is 102 cm³/mol. The molecule has 3 aromatic rings. The average molecular weight is 455 g/mol. The molecule has 0 spiro atoms. The van der Waals surface area contributed by atoms with Gasteiger partial charge in [-0.15, -0.1) is 0 Å². The average Bonchev–Trinajstić information content (AvgIpc) is 2.70. The van der Waals surface area contributed by atoms with E-state index in [-0.39, 0.29) is 29.1 Å². The lowest BCUT2D eigenvalue weighted by Gasteiger charge is -2.37. The summed E-state index contributed by atoms with van der Waals surface area (Å²) >= 11 is 0. The topological polar surface area (TPSA) is 79.7 Å². The van der Waals surface area contributed by atoms with E-state index in [0.29, 0.717) is 19.0 Å². The van der Waals surface area contributed by atoms with Crippen molar-refractivity contribution in [2.75, 3.05) is 23.3 Å². The minimum absolute atomic E-state index is 0.00408. The van der Waals surface area contributed by atoms with Crippen LogP contribution in [-0.4, -0.2) is 38.0 Å². The lowest BCUT2D eigenvalue weighted by Crippen LogP contribution is -2.46. The monoisotopic (exact) mass is 455 g/mol. The van der Waals surface area contributed by atoms with Crippen LogP contribution < -0.4 is 10.2 Å². The van der Waals surface area contributed by atoms with E-state index in [1.165, 1.54) is 18.2 Å². The smallest absolute Gasteiger partial charge is 0.340 e. The largest absolute Gasteiger partial charge is 0.433 e. The standard InChI is InChI=1S/C19H15F6N7/c1-10-8-32(9-10)17-30-15(12-3-2-4-13(28-12)18(20,21)22)29-16(31-17)27-11-5-6-26-14(7-11)19(23,24)25/h2-7,10H,8-9H2,1H3,(H,26,27,29,30,31). The van der Waals surface area contributed by atoms with Gasteiger partial charge in [0.15, 0.2) is 5.82 Å². The number of nitrogens with one attached hydrogen (secondary N) is 1. The van der Waals surface area contributed by atoms with Gasteiger partial charge in [0, 0.05) is 25.0 Å². The number of alkyl halides is 6. The molecule has 3 aromatic heterocycles. The summed E-state index contributed by atoms with van der Waals surface area (Å²) in [5, 5.41) is 2.65. The van der Waals surface area contributed by atoms with Gasteiger partial charge in [-0.3, -0.25) is 4.98 Å². The van der Waals surface area contributed by atoms with Gasteiger partial charge in [-0.05, 0) is 30.2 Å². The van der Waals surface area contributed by atoms with Gasteiger partial charge in [0.25, 0.3) is 0 Å². The maximum absolute atomic E-state index is 13.1. The molecule has 0 aromatic carbocycles. The molecule has 7 nitrogen and oxygen atoms in total. The minimum Gasteiger partial charge on any atom is -0.340 e. The Morgan fingerprint density at radius 3 is 2.28 bits per heavy atom. The van der Waals surface area contributed by atoms with E-state index in [0.717, 1.165) is 18.3 Å². The number of nitrogens with zero attached hydrogens (tertiary/aromatic N) is 6. The molecule has 1 N–H and O–H groups in total. The Balaban J connectivity index is 1.73. The van der Waals surface area contributed by atoms with Crippen molar-refractivity contribution < 1.29 is 26.3 Å². The van der Waals surface area contributed by atoms with Crippen LogP contribution in [0.15, 0.2) is 36.5 Å². The van der Waals surface area contributed by atoms with Crippen LogP contribution in [0.3, 0.4) is 0 Å². The molecule has 1 saturated heterocycles. The maximum Gasteiger partial charge on any atom is 0.433 e. The minimum atomic E-state index is -4.66. The van der Waals surface area contributed by atoms with Gasteiger partial charge in [0.1, 0.15) is 17.1 Å². The molecule has 0 saturated carbocycles. The summed E-state index contributed by atoms with van der Waals surface area (Å²) in [7, 11) is 0. The van der Waals surface area contributed by atoms with Crippen LogP contribution in [0, 0.1) is 5.92 Å². The zero-order chi connectivity index (χ0) is 23.1. The molecule has 0 atom stereocenters. The van der Waals surface area contributed by atoms with Crippen LogP contribution in [-0.2, 0) is 12.4 Å². The summed E-state index contributed by atoms with van der Waals surface area (Å²) in [6.45, 7) is 3.24. The summed E-state index contributed by atoms with van der Waals surface area (Å²) in [6.07, 6.45) is -8.34. The highest BCUT2D eigenvalue weighted by Gasteiger charge is 2.34. The molecule has 32 heavy (non-hydrogen) atoms. The number of hydrogen-bond acceptors (Lipinski definition) is 7. The molecular weight excluding hydrogens is 440 g/mol. The van der Waals surface area contributed by atoms with Gasteiger partial charge >= 0.3 is 12.4 Å². The van der Waals surface area contributed by atoms with E-state index in [4.69, 9.17) is 0 Å². The van der Waals surface area contributed by atoms with E-state index in [9.17, 15) is 26.3 Å². The van der Waals surface area contributed by atoms with Crippen LogP contribution >= 0.6 is 0 Å². The van der Waals surface area contributed by atoms with Gasteiger partial charge < -0.3 is 10.2 Å². The van der Waals surface area contributed by atoms with Crippen molar-refractivity contribution in [2.45, 2.75) is 19.3 Å². The molecule has 0 aliphatic carbocycles. The molecule has 4 heterocycles. The predicted octanol–water partition coefficient (Wildman–Crippen LogP) is 4.57. The van der Waals surface area contributed by atoms with E-state index in [2.05, 4.69) is 30.2 Å². The number of aromatic nitrogens is 5. The number of rotatable bonds is 4. The molecule has 13 heteroatoms. The third-order valence-electron chi connectivity index (χ3n) is 4.55. The first-order valence-electron chi connectivity index (χ1n) is 9.35. The Morgan fingerprint density at radius 2 is 1.62 bits per heavy atom. The second kappa shape index (κ2) is 7.88. The Labute approximate surface area is 177 Å². The molecule has 0 radical (unpaired) electrons. The quantitative estimate of drug-likeness (QED) is 0.578. The fourth-order valence-electron chi connectivity index (χ4n) is 3.05. The molecule has 1 aliphatic heterocycles. The molecule has 0 unspecified atom stereocenters. The fraction of sp³-hybridized carbons (Fsp3) is 0.316. The molecule has 0 bridgehead atoms. The third kappa shape index (κ3) is 4.70. The van der Waals surface area contributed by atoms with Crippen LogP contribution in [0.5, 0.6) is 0 Å². The van der Waals surface area contributed by atoms with E-state index in [1.54, 1.807) is 4.90 Å². The summed E-state index contributed by atoms with van der Waals surface area (Å²) in [5.41, 5.74) is -2.38. The first-order valence-corrected chi connectivity index (χ1v) is 9.35. The highest BCUT2D eigenvalue weighted by atomic mass is 19.4. The zero-order valence-corrected chi connectivity index (χ0v) is 16.4. The first kappa shape index (κ1) is 21.7. The van der Waals surface area contributed by atoms with Crippen molar-refractivity contribution in [2.24, 2.45) is 5.92 Å². The molecular formula is C19H15F6N7. The second-order valence-corrected chi connectivity index (χ2v) is 7.25. The normalized spacial score (nSPS) is 14.9. The fourth-order valence-corrected chi connectivity index (χ4v) is 3.05. The summed E-state index contributed by atoms with van der Waals surface area (Å²) < 4.78 is 78.0. The molecule has 1 fully saturated rings. The van der Waals surface area contributed by atoms with Gasteiger partial charge in [-0.2, -0.15) is 41.3 Å². The van der Waals surface area contributed by atoms with Gasteiger partial charge in [-0.25, -0.2) is 4.98 Å². The van der Waals surface area contributed by atoms with Crippen molar-refractivity contribution in [3.05, 3.63) is 47.9 Å². The lowest BCUT2D eigenvalue weighted by atomic mass is 10.0. The third-order valence-corrected chi connectivity index (χ3v) is 4.55. The van der Waals surface area contributed by atoms with E-state index in [1.807, 2.05) is 6.92 Å². The Morgan fingerprint density at radius 1 is 0.906 bits per heavy atom. The van der Waals surface area contributed by atoms with Crippen LogP contribution in [0.1, 0.15) is 18.3 Å². The molecule has 168 valence electrons. The van der Waals surface area contributed by atoms with Crippen molar-refractivity contribution in [1.29, 1.82) is 0 Å². The van der Waals surface area contributed by atoms with Crippen LogP contribution in [0.4, 0.5) is 43.9 Å². The highest BCUT2D eigenvalue weighted by molar-refractivity contribution is 5.59. The number of pyridine rings is 2. The summed E-state index contributed by atoms with van der Waals surface area (Å²) in [4.78, 5) is 21.2. The Kier molecular flexibility index (Phi) is 5.34. The molecule has 4 rings (SSSR count). The van der Waals surface area contributed by atoms with Crippen LogP contribution in [0.2, 0.25) is 0 Å². The summed E-state index contributed by atoms with van der Waals surface area (Å²) in [6, 6.07) is 5.36. The Bertz CT molecular complexity index is 1130. The molecule has 1 aliphatic rings. The van der Waals surface area contributed by atoms with Crippen LogP contribution in [0.25, 0.3) is 11.5 Å². The zero-order valence-electron chi connectivity index (χ0n) is 16.4. The second-order valence-electron chi connectivity index (χ2n) is 7.25. The Hall–Kier alpha value is -3.51. The van der Waals surface area contributed by atoms with E-state index >= 15 is 0 Å². The van der Waals surface area contributed by atoms with Crippen molar-refractivity contribution in [3.63, 3.8) is 0 Å². The van der Waals surface area contributed by atoms with Crippen molar-refractivity contribution in [3.8, 4) is 11.5 Å². The molecule has 0 amide bonds. The number of halogens is 6. The highest BCUT2D eigenvalue weighted by Crippen LogP contribution is 2.31. The number of hydrogen-bond donors (Lipinski definition) is 1. The van der Waals surface area contributed by atoms with Gasteiger partial charge in [0.05, 0.1) is 0 Å². The van der Waals surface area contributed by atoms with Crippen molar-refractivity contribution >= 4 is 17.6 Å². The van der Waals surface area contributed by atoms with E-state index < -0.39 is 23.7 Å². The maximum atomic E-state index is 13.1. The van der Waals surface area contributed by atoms with Gasteiger partial charge in [0.2, 0.25) is 11.9 Å². The summed E-state index contributed by atoms with van der Waals surface area (Å²) in [5.74, 6) is 0.268. The van der Waals surface area contributed by atoms with Gasteiger partial charge in [-0.1, -0.05) is 13.0 Å².